The molecule has 8 N–H and O–H groups in total. The summed E-state index contributed by atoms with van der Waals surface area (Å²) in [6.07, 6.45) is 1.73. The first-order chi connectivity index (χ1) is 6.06. The van der Waals surface area contributed by atoms with E-state index in [9.17, 15) is 5.11 Å². The van der Waals surface area contributed by atoms with Gasteiger partial charge in [-0.1, -0.05) is 27.7 Å². The van der Waals surface area contributed by atoms with E-state index in [1.807, 2.05) is 13.8 Å². The van der Waals surface area contributed by atoms with E-state index in [0.717, 1.165) is 12.8 Å². The van der Waals surface area contributed by atoms with Crippen molar-refractivity contribution in [3.8, 4) is 0 Å². The van der Waals surface area contributed by atoms with E-state index in [1.54, 1.807) is 0 Å². The number of aliphatic hydroxyl groups is 2. The van der Waals surface area contributed by atoms with Crippen molar-refractivity contribution in [2.75, 3.05) is 6.61 Å². The van der Waals surface area contributed by atoms with Crippen molar-refractivity contribution in [2.45, 2.75) is 60.0 Å². The molecule has 0 unspecified atom stereocenters. The Kier molecular flexibility index (Phi) is 8.66. The zero-order valence-corrected chi connectivity index (χ0v) is 11.9. The highest BCUT2D eigenvalue weighted by atomic mass is 16.3. The monoisotopic (exact) mass is 236 g/mol. The largest absolute Gasteiger partial charge is 0.396 e. The van der Waals surface area contributed by atoms with Gasteiger partial charge in [-0.15, -0.1) is 0 Å². The van der Waals surface area contributed by atoms with Crippen LogP contribution in [-0.4, -0.2) is 22.4 Å². The number of hydrogen-bond donors (Lipinski definition) is 4. The van der Waals surface area contributed by atoms with Gasteiger partial charge >= 0.3 is 0 Å². The summed E-state index contributed by atoms with van der Waals surface area (Å²) in [7, 11) is 0. The van der Waals surface area contributed by atoms with Crippen molar-refractivity contribution in [1.82, 2.24) is 12.3 Å². The molecule has 0 saturated heterocycles. The maximum Gasteiger partial charge on any atom is 0.0647 e. The van der Waals surface area contributed by atoms with E-state index < -0.39 is 5.60 Å². The first-order valence-electron chi connectivity index (χ1n) is 5.39. The second kappa shape index (κ2) is 6.55. The van der Waals surface area contributed by atoms with Crippen LogP contribution in [0.25, 0.3) is 0 Å². The molecule has 0 aliphatic carbocycles. The highest BCUT2D eigenvalue weighted by Gasteiger charge is 2.46. The van der Waals surface area contributed by atoms with Crippen molar-refractivity contribution in [3.63, 3.8) is 0 Å². The summed E-state index contributed by atoms with van der Waals surface area (Å²) in [5.74, 6) is 0. The van der Waals surface area contributed by atoms with Crippen molar-refractivity contribution in [1.29, 1.82) is 0 Å². The topological polar surface area (TPSA) is 110 Å². The molecule has 0 aromatic heterocycles. The van der Waals surface area contributed by atoms with E-state index in [0.29, 0.717) is 0 Å². The van der Waals surface area contributed by atoms with Gasteiger partial charge in [0.15, 0.2) is 0 Å². The molecule has 0 fully saturated rings. The minimum atomic E-state index is -0.702. The second-order valence-electron chi connectivity index (χ2n) is 5.90. The van der Waals surface area contributed by atoms with Gasteiger partial charge in [0.1, 0.15) is 0 Å². The molecule has 0 saturated carbocycles. The van der Waals surface area contributed by atoms with Crippen LogP contribution in [0.4, 0.5) is 0 Å². The molecular weight excluding hydrogens is 204 g/mol. The zero-order chi connectivity index (χ0) is 11.6. The maximum absolute atomic E-state index is 10.1. The van der Waals surface area contributed by atoms with E-state index in [-0.39, 0.29) is 29.7 Å². The van der Waals surface area contributed by atoms with Crippen LogP contribution in [0.2, 0.25) is 0 Å². The lowest BCUT2D eigenvalue weighted by Gasteiger charge is -2.49. The van der Waals surface area contributed by atoms with Crippen LogP contribution in [0.3, 0.4) is 0 Å². The zero-order valence-electron chi connectivity index (χ0n) is 11.9. The SMILES string of the molecule is CC(C)(O)C(C)(C)C(C)(C)CCCO.N.N. The van der Waals surface area contributed by atoms with Crippen molar-refractivity contribution >= 4 is 0 Å². The molecule has 4 nitrogen and oxygen atoms in total. The molecule has 0 aromatic carbocycles. The van der Waals surface area contributed by atoms with E-state index >= 15 is 0 Å². The van der Waals surface area contributed by atoms with Gasteiger partial charge < -0.3 is 22.5 Å². The second-order valence-corrected chi connectivity index (χ2v) is 5.90. The molecule has 4 heteroatoms. The Morgan fingerprint density at radius 3 is 1.50 bits per heavy atom. The van der Waals surface area contributed by atoms with Crippen LogP contribution in [0.1, 0.15) is 54.4 Å². The number of aliphatic hydroxyl groups excluding tert-OH is 1. The van der Waals surface area contributed by atoms with Gasteiger partial charge in [0.2, 0.25) is 0 Å². The van der Waals surface area contributed by atoms with Gasteiger partial charge in [0.05, 0.1) is 5.60 Å². The van der Waals surface area contributed by atoms with Gasteiger partial charge in [0, 0.05) is 6.61 Å². The van der Waals surface area contributed by atoms with Gasteiger partial charge in [-0.3, -0.25) is 0 Å². The molecule has 0 aliphatic rings. The molecule has 0 aromatic rings. The highest BCUT2D eigenvalue weighted by Crippen LogP contribution is 2.48. The summed E-state index contributed by atoms with van der Waals surface area (Å²) in [4.78, 5) is 0. The lowest BCUT2D eigenvalue weighted by Crippen LogP contribution is -2.49. The fourth-order valence-corrected chi connectivity index (χ4v) is 1.66. The van der Waals surface area contributed by atoms with Crippen LogP contribution < -0.4 is 12.3 Å². The third-order valence-corrected chi connectivity index (χ3v) is 4.18. The van der Waals surface area contributed by atoms with E-state index in [4.69, 9.17) is 5.11 Å². The first kappa shape index (κ1) is 21.2. The third kappa shape index (κ3) is 4.37. The molecular formula is C12H32N2O2. The molecule has 102 valence electrons. The summed E-state index contributed by atoms with van der Waals surface area (Å²) >= 11 is 0. The molecule has 16 heavy (non-hydrogen) atoms. The fraction of sp³-hybridized carbons (Fsp3) is 1.00. The Bertz CT molecular complexity index is 184. The van der Waals surface area contributed by atoms with Crippen molar-refractivity contribution < 1.29 is 10.2 Å². The van der Waals surface area contributed by atoms with Crippen LogP contribution in [0.15, 0.2) is 0 Å². The summed E-state index contributed by atoms with van der Waals surface area (Å²) in [5, 5.41) is 19.0. The van der Waals surface area contributed by atoms with Crippen LogP contribution >= 0.6 is 0 Å². The Balaban J connectivity index is -0.000000845. The lowest BCUT2D eigenvalue weighted by molar-refractivity contribution is -0.105. The highest BCUT2D eigenvalue weighted by molar-refractivity contribution is 4.96. The number of hydrogen-bond acceptors (Lipinski definition) is 4. The Labute approximate surface area is 101 Å². The molecule has 0 spiro atoms. The lowest BCUT2D eigenvalue weighted by atomic mass is 9.58. The maximum atomic E-state index is 10.1. The summed E-state index contributed by atoms with van der Waals surface area (Å²) in [6.45, 7) is 12.4. The van der Waals surface area contributed by atoms with Gasteiger partial charge in [-0.2, -0.15) is 0 Å². The normalized spacial score (nSPS) is 12.8. The Morgan fingerprint density at radius 2 is 1.25 bits per heavy atom. The predicted octanol–water partition coefficient (Wildman–Crippen LogP) is 2.91. The summed E-state index contributed by atoms with van der Waals surface area (Å²) < 4.78 is 0. The van der Waals surface area contributed by atoms with Crippen LogP contribution in [0.5, 0.6) is 0 Å². The fourth-order valence-electron chi connectivity index (χ4n) is 1.66. The molecule has 0 bridgehead atoms. The average molecular weight is 236 g/mol. The van der Waals surface area contributed by atoms with E-state index in [2.05, 4.69) is 27.7 Å². The third-order valence-electron chi connectivity index (χ3n) is 4.18. The summed E-state index contributed by atoms with van der Waals surface area (Å²) in [6, 6.07) is 0. The van der Waals surface area contributed by atoms with Crippen LogP contribution in [0, 0.1) is 10.8 Å². The molecule has 0 aliphatic heterocycles. The number of rotatable bonds is 5. The van der Waals surface area contributed by atoms with E-state index in [1.165, 1.54) is 0 Å². The average Bonchev–Trinajstić information content (AvgIpc) is 1.98. The van der Waals surface area contributed by atoms with Crippen molar-refractivity contribution in [2.24, 2.45) is 10.8 Å². The Hall–Kier alpha value is -0.160. The molecule has 0 amide bonds. The predicted molar refractivity (Wildman–Crippen MR) is 70.2 cm³/mol. The summed E-state index contributed by atoms with van der Waals surface area (Å²) in [5.41, 5.74) is -0.852. The minimum absolute atomic E-state index is 0. The van der Waals surface area contributed by atoms with Crippen LogP contribution in [-0.2, 0) is 0 Å². The Morgan fingerprint density at radius 1 is 0.875 bits per heavy atom. The van der Waals surface area contributed by atoms with Gasteiger partial charge in [-0.05, 0) is 37.5 Å². The van der Waals surface area contributed by atoms with Gasteiger partial charge in [0.25, 0.3) is 0 Å². The smallest absolute Gasteiger partial charge is 0.0647 e. The molecule has 0 rings (SSSR count). The molecule has 0 radical (unpaired) electrons. The first-order valence-corrected chi connectivity index (χ1v) is 5.39. The minimum Gasteiger partial charge on any atom is -0.396 e. The molecule has 0 heterocycles. The quantitative estimate of drug-likeness (QED) is 0.588. The van der Waals surface area contributed by atoms with Crippen molar-refractivity contribution in [3.05, 3.63) is 0 Å². The van der Waals surface area contributed by atoms with Gasteiger partial charge in [-0.25, -0.2) is 0 Å². The molecule has 0 atom stereocenters. The standard InChI is InChI=1S/C12H26O2.2H3N/c1-10(2,8-7-9-13)11(3,4)12(5,6)14;;/h13-14H,7-9H2,1-6H3;2*1H3.